The molecular weight excluding hydrogens is 237 g/mol. The lowest BCUT2D eigenvalue weighted by atomic mass is 10.2. The molecule has 5 nitrogen and oxygen atoms in total. The molecule has 0 aliphatic rings. The molecule has 0 bridgehead atoms. The van der Waals surface area contributed by atoms with E-state index in [1.165, 1.54) is 19.2 Å². The Morgan fingerprint density at radius 3 is 2.67 bits per heavy atom. The standard InChI is InChI=1S/C12H16FN3O2/c1-8(15-7-11(17)14-2)12(18)16-10-6-4-3-5-9(10)13/h3-6,8,15H,7H2,1-2H3,(H,14,17)(H,16,18)/p+1/t8-/m1/s1. The molecule has 1 rings (SSSR count). The molecule has 0 unspecified atom stereocenters. The second-order valence-corrected chi connectivity index (χ2v) is 3.87. The monoisotopic (exact) mass is 254 g/mol. The van der Waals surface area contributed by atoms with Crippen molar-refractivity contribution in [3.8, 4) is 0 Å². The predicted molar refractivity (Wildman–Crippen MR) is 65.4 cm³/mol. The Bertz CT molecular complexity index is 437. The van der Waals surface area contributed by atoms with Gasteiger partial charge in [0.25, 0.3) is 11.8 Å². The number of nitrogens with two attached hydrogens (primary N) is 1. The summed E-state index contributed by atoms with van der Waals surface area (Å²) >= 11 is 0. The lowest BCUT2D eigenvalue weighted by Crippen LogP contribution is -2.93. The van der Waals surface area contributed by atoms with Crippen LogP contribution in [0, 0.1) is 5.82 Å². The second-order valence-electron chi connectivity index (χ2n) is 3.87. The van der Waals surface area contributed by atoms with Gasteiger partial charge in [-0.05, 0) is 19.1 Å². The van der Waals surface area contributed by atoms with Crippen molar-refractivity contribution in [2.45, 2.75) is 13.0 Å². The summed E-state index contributed by atoms with van der Waals surface area (Å²) in [7, 11) is 1.53. The Morgan fingerprint density at radius 1 is 1.39 bits per heavy atom. The van der Waals surface area contributed by atoms with E-state index in [0.717, 1.165) is 0 Å². The van der Waals surface area contributed by atoms with Crippen LogP contribution in [-0.4, -0.2) is 31.4 Å². The molecule has 0 aliphatic carbocycles. The molecular formula is C12H17FN3O2+. The lowest BCUT2D eigenvalue weighted by Gasteiger charge is -2.11. The zero-order valence-electron chi connectivity index (χ0n) is 10.4. The van der Waals surface area contributed by atoms with Crippen LogP contribution in [0.3, 0.4) is 0 Å². The summed E-state index contributed by atoms with van der Waals surface area (Å²) in [5.41, 5.74) is 0.141. The fraction of sp³-hybridized carbons (Fsp3) is 0.333. The van der Waals surface area contributed by atoms with Crippen LogP contribution in [0.4, 0.5) is 10.1 Å². The number of nitrogens with one attached hydrogen (secondary N) is 2. The first-order valence-electron chi connectivity index (χ1n) is 5.64. The average Bonchev–Trinajstić information content (AvgIpc) is 2.38. The van der Waals surface area contributed by atoms with E-state index in [1.54, 1.807) is 24.4 Å². The third kappa shape index (κ3) is 4.14. The van der Waals surface area contributed by atoms with E-state index in [4.69, 9.17) is 0 Å². The largest absolute Gasteiger partial charge is 0.354 e. The maximum atomic E-state index is 13.3. The molecule has 1 aromatic rings. The third-order valence-electron chi connectivity index (χ3n) is 2.48. The second kappa shape index (κ2) is 6.70. The Morgan fingerprint density at radius 2 is 2.06 bits per heavy atom. The molecule has 1 atom stereocenters. The van der Waals surface area contributed by atoms with Crippen molar-refractivity contribution in [1.29, 1.82) is 0 Å². The van der Waals surface area contributed by atoms with E-state index in [2.05, 4.69) is 10.6 Å². The highest BCUT2D eigenvalue weighted by Gasteiger charge is 2.18. The van der Waals surface area contributed by atoms with Gasteiger partial charge in [0, 0.05) is 7.05 Å². The molecule has 0 saturated heterocycles. The predicted octanol–water partition coefficient (Wildman–Crippen LogP) is -0.538. The van der Waals surface area contributed by atoms with Crippen LogP contribution in [0.25, 0.3) is 0 Å². The molecule has 6 heteroatoms. The number of carbonyl (C=O) groups is 2. The number of anilines is 1. The van der Waals surface area contributed by atoms with Crippen molar-refractivity contribution in [2.24, 2.45) is 0 Å². The summed E-state index contributed by atoms with van der Waals surface area (Å²) in [6.07, 6.45) is 0. The van der Waals surface area contributed by atoms with Gasteiger partial charge in [0.05, 0.1) is 5.69 Å². The zero-order chi connectivity index (χ0) is 13.5. The van der Waals surface area contributed by atoms with Gasteiger partial charge >= 0.3 is 0 Å². The van der Waals surface area contributed by atoms with Gasteiger partial charge in [-0.1, -0.05) is 12.1 Å². The highest BCUT2D eigenvalue weighted by atomic mass is 19.1. The van der Waals surface area contributed by atoms with Crippen molar-refractivity contribution in [3.05, 3.63) is 30.1 Å². The Balaban J connectivity index is 2.50. The molecule has 18 heavy (non-hydrogen) atoms. The van der Waals surface area contributed by atoms with Gasteiger partial charge in [-0.25, -0.2) is 4.39 Å². The topological polar surface area (TPSA) is 74.8 Å². The third-order valence-corrected chi connectivity index (χ3v) is 2.48. The molecule has 0 radical (unpaired) electrons. The number of hydrogen-bond donors (Lipinski definition) is 3. The summed E-state index contributed by atoms with van der Waals surface area (Å²) in [4.78, 5) is 22.7. The van der Waals surface area contributed by atoms with Crippen molar-refractivity contribution >= 4 is 17.5 Å². The minimum absolute atomic E-state index is 0.141. The first kappa shape index (κ1) is 14.1. The van der Waals surface area contributed by atoms with Gasteiger partial charge in [-0.2, -0.15) is 0 Å². The van der Waals surface area contributed by atoms with E-state index < -0.39 is 11.9 Å². The maximum absolute atomic E-state index is 13.3. The number of para-hydroxylation sites is 1. The zero-order valence-corrected chi connectivity index (χ0v) is 10.4. The minimum atomic E-state index is -0.482. The SMILES string of the molecule is CNC(=O)C[NH2+][C@H](C)C(=O)Nc1ccccc1F. The van der Waals surface area contributed by atoms with Gasteiger partial charge in [0.15, 0.2) is 12.6 Å². The maximum Gasteiger partial charge on any atom is 0.282 e. The van der Waals surface area contributed by atoms with Crippen LogP contribution in [0.2, 0.25) is 0 Å². The number of amides is 2. The normalized spacial score (nSPS) is 11.7. The number of rotatable bonds is 5. The van der Waals surface area contributed by atoms with Gasteiger partial charge in [-0.3, -0.25) is 9.59 Å². The molecule has 98 valence electrons. The average molecular weight is 254 g/mol. The molecule has 0 aliphatic heterocycles. The summed E-state index contributed by atoms with van der Waals surface area (Å²) in [5.74, 6) is -0.992. The molecule has 0 aromatic heterocycles. The van der Waals surface area contributed by atoms with Crippen LogP contribution in [0.1, 0.15) is 6.92 Å². The molecule has 2 amide bonds. The molecule has 4 N–H and O–H groups in total. The number of quaternary nitrogens is 1. The summed E-state index contributed by atoms with van der Waals surface area (Å²) in [6.45, 7) is 1.81. The smallest absolute Gasteiger partial charge is 0.282 e. The van der Waals surface area contributed by atoms with E-state index >= 15 is 0 Å². The highest BCUT2D eigenvalue weighted by molar-refractivity contribution is 5.93. The lowest BCUT2D eigenvalue weighted by molar-refractivity contribution is -0.662. The summed E-state index contributed by atoms with van der Waals surface area (Å²) in [5, 5.41) is 6.51. The van der Waals surface area contributed by atoms with Crippen molar-refractivity contribution in [3.63, 3.8) is 0 Å². The molecule has 0 heterocycles. The molecule has 0 spiro atoms. The van der Waals surface area contributed by atoms with Crippen molar-refractivity contribution in [2.75, 3.05) is 18.9 Å². The number of hydrogen-bond acceptors (Lipinski definition) is 2. The number of halogens is 1. The van der Waals surface area contributed by atoms with Crippen LogP contribution in [0.15, 0.2) is 24.3 Å². The summed E-state index contributed by atoms with van der Waals surface area (Å²) in [6, 6.07) is 5.47. The van der Waals surface area contributed by atoms with Gasteiger partial charge < -0.3 is 16.0 Å². The van der Waals surface area contributed by atoms with Crippen LogP contribution in [-0.2, 0) is 9.59 Å². The van der Waals surface area contributed by atoms with E-state index in [1.807, 2.05) is 0 Å². The Kier molecular flexibility index (Phi) is 5.26. The first-order valence-corrected chi connectivity index (χ1v) is 5.64. The van der Waals surface area contributed by atoms with E-state index in [9.17, 15) is 14.0 Å². The molecule has 1 aromatic carbocycles. The molecule has 0 fully saturated rings. The van der Waals surface area contributed by atoms with E-state index in [-0.39, 0.29) is 24.0 Å². The van der Waals surface area contributed by atoms with Crippen LogP contribution >= 0.6 is 0 Å². The van der Waals surface area contributed by atoms with E-state index in [0.29, 0.717) is 0 Å². The van der Waals surface area contributed by atoms with Crippen LogP contribution in [0.5, 0.6) is 0 Å². The minimum Gasteiger partial charge on any atom is -0.354 e. The van der Waals surface area contributed by atoms with Crippen LogP contribution < -0.4 is 16.0 Å². The number of likely N-dealkylation sites (N-methyl/N-ethyl adjacent to an activating group) is 1. The first-order chi connectivity index (χ1) is 8.54. The van der Waals surface area contributed by atoms with Gasteiger partial charge in [0.1, 0.15) is 5.82 Å². The Hall–Kier alpha value is -1.95. The fourth-order valence-corrected chi connectivity index (χ4v) is 1.30. The van der Waals surface area contributed by atoms with Crippen molar-refractivity contribution in [1.82, 2.24) is 5.32 Å². The number of carbonyl (C=O) groups excluding carboxylic acids is 2. The molecule has 0 saturated carbocycles. The quantitative estimate of drug-likeness (QED) is 0.660. The van der Waals surface area contributed by atoms with Gasteiger partial charge in [-0.15, -0.1) is 0 Å². The highest BCUT2D eigenvalue weighted by Crippen LogP contribution is 2.11. The van der Waals surface area contributed by atoms with Crippen molar-refractivity contribution < 1.29 is 19.3 Å². The Labute approximate surface area is 105 Å². The summed E-state index contributed by atoms with van der Waals surface area (Å²) < 4.78 is 13.3. The van der Waals surface area contributed by atoms with Gasteiger partial charge in [0.2, 0.25) is 0 Å². The fourth-order valence-electron chi connectivity index (χ4n) is 1.30. The number of benzene rings is 1.